The van der Waals surface area contributed by atoms with Gasteiger partial charge in [-0.05, 0) is 30.6 Å². The van der Waals surface area contributed by atoms with Crippen LogP contribution < -0.4 is 0 Å². The molecule has 0 aromatic carbocycles. The first-order chi connectivity index (χ1) is 8.20. The van der Waals surface area contributed by atoms with Crippen LogP contribution >= 0.6 is 0 Å². The van der Waals surface area contributed by atoms with Crippen LogP contribution in [0.3, 0.4) is 0 Å². The van der Waals surface area contributed by atoms with Crippen LogP contribution in [0.15, 0.2) is 0 Å². The molecule has 0 aromatic rings. The number of carbonyl (C=O) groups is 1. The molecule has 0 aromatic heterocycles. The van der Waals surface area contributed by atoms with E-state index in [1.54, 1.807) is 18.7 Å². The fourth-order valence-corrected chi connectivity index (χ4v) is 2.87. The highest BCUT2D eigenvalue weighted by atomic mass is 19.4. The van der Waals surface area contributed by atoms with Gasteiger partial charge in [0.05, 0.1) is 5.92 Å². The number of halogens is 3. The molecule has 0 spiro atoms. The number of alkyl halides is 3. The molecular weight excluding hydrogens is 243 g/mol. The lowest BCUT2D eigenvalue weighted by atomic mass is 9.73. The van der Waals surface area contributed by atoms with E-state index < -0.39 is 17.5 Å². The summed E-state index contributed by atoms with van der Waals surface area (Å²) in [6.07, 6.45) is -1.42. The van der Waals surface area contributed by atoms with E-state index in [1.807, 2.05) is 0 Å². The van der Waals surface area contributed by atoms with Gasteiger partial charge in [0, 0.05) is 19.5 Å². The number of hydrogen-bond acceptors (Lipinski definition) is 1. The molecule has 1 saturated carbocycles. The van der Waals surface area contributed by atoms with E-state index in [4.69, 9.17) is 0 Å². The fraction of sp³-hybridized carbons (Fsp3) is 0.923. The van der Waals surface area contributed by atoms with E-state index in [0.29, 0.717) is 12.3 Å². The smallest absolute Gasteiger partial charge is 0.342 e. The van der Waals surface area contributed by atoms with Gasteiger partial charge in [-0.3, -0.25) is 4.79 Å². The highest BCUT2D eigenvalue weighted by Crippen LogP contribution is 2.45. The van der Waals surface area contributed by atoms with Gasteiger partial charge in [-0.15, -0.1) is 0 Å². The number of rotatable bonds is 2. The molecule has 2 aliphatic rings. The summed E-state index contributed by atoms with van der Waals surface area (Å²) < 4.78 is 38.6. The maximum absolute atomic E-state index is 12.9. The first-order valence-corrected chi connectivity index (χ1v) is 6.54. The summed E-state index contributed by atoms with van der Waals surface area (Å²) in [7, 11) is 0. The minimum atomic E-state index is -4.16. The van der Waals surface area contributed by atoms with E-state index in [2.05, 4.69) is 0 Å². The quantitative estimate of drug-likeness (QED) is 0.749. The number of piperidine rings is 1. The zero-order chi connectivity index (χ0) is 13.6. The molecule has 0 radical (unpaired) electrons. The van der Waals surface area contributed by atoms with Crippen molar-refractivity contribution in [3.8, 4) is 0 Å². The summed E-state index contributed by atoms with van der Waals surface area (Å²) in [4.78, 5) is 13.6. The monoisotopic (exact) mass is 263 g/mol. The van der Waals surface area contributed by atoms with Crippen LogP contribution in [-0.4, -0.2) is 30.1 Å². The van der Waals surface area contributed by atoms with Crippen molar-refractivity contribution in [1.29, 1.82) is 0 Å². The lowest BCUT2D eigenvalue weighted by Crippen LogP contribution is -2.52. The fourth-order valence-electron chi connectivity index (χ4n) is 2.87. The Bertz CT molecular complexity index is 334. The van der Waals surface area contributed by atoms with Crippen LogP contribution in [0, 0.1) is 17.3 Å². The second kappa shape index (κ2) is 4.42. The molecule has 2 rings (SSSR count). The minimum Gasteiger partial charge on any atom is -0.342 e. The zero-order valence-electron chi connectivity index (χ0n) is 10.9. The number of nitrogens with zero attached hydrogens (tertiary/aromatic N) is 1. The Morgan fingerprint density at radius 2 is 1.89 bits per heavy atom. The van der Waals surface area contributed by atoms with Crippen LogP contribution in [0.1, 0.15) is 39.5 Å². The standard InChI is InChI=1S/C13H20F3NO/c1-12(2)8-17(11(18)7-9-3-4-9)6-5-10(12)13(14,15)16/h9-10H,3-8H2,1-2H3/t10-/m0/s1. The third kappa shape index (κ3) is 2.98. The third-order valence-corrected chi connectivity index (χ3v) is 4.14. The Morgan fingerprint density at radius 3 is 2.33 bits per heavy atom. The van der Waals surface area contributed by atoms with Crippen molar-refractivity contribution in [2.75, 3.05) is 13.1 Å². The van der Waals surface area contributed by atoms with E-state index >= 15 is 0 Å². The molecular formula is C13H20F3NO. The van der Waals surface area contributed by atoms with Gasteiger partial charge < -0.3 is 4.90 Å². The normalized spacial score (nSPS) is 28.3. The van der Waals surface area contributed by atoms with Gasteiger partial charge in [0.1, 0.15) is 0 Å². The number of likely N-dealkylation sites (tertiary alicyclic amines) is 1. The Labute approximate surface area is 106 Å². The van der Waals surface area contributed by atoms with Gasteiger partial charge >= 0.3 is 6.18 Å². The summed E-state index contributed by atoms with van der Waals surface area (Å²) in [5.74, 6) is -0.776. The molecule has 1 amide bonds. The topological polar surface area (TPSA) is 20.3 Å². The molecule has 18 heavy (non-hydrogen) atoms. The number of carbonyl (C=O) groups excluding carboxylic acids is 1. The van der Waals surface area contributed by atoms with Gasteiger partial charge in [0.15, 0.2) is 0 Å². The van der Waals surface area contributed by atoms with Crippen molar-refractivity contribution < 1.29 is 18.0 Å². The second-order valence-corrected chi connectivity index (χ2v) is 6.33. The third-order valence-electron chi connectivity index (χ3n) is 4.14. The largest absolute Gasteiger partial charge is 0.392 e. The average Bonchev–Trinajstić information content (AvgIpc) is 2.97. The van der Waals surface area contributed by atoms with Crippen molar-refractivity contribution in [3.63, 3.8) is 0 Å². The molecule has 1 heterocycles. The van der Waals surface area contributed by atoms with Crippen molar-refractivity contribution in [3.05, 3.63) is 0 Å². The van der Waals surface area contributed by atoms with E-state index in [9.17, 15) is 18.0 Å². The molecule has 1 aliphatic heterocycles. The molecule has 0 unspecified atom stereocenters. The number of hydrogen-bond donors (Lipinski definition) is 0. The lowest BCUT2D eigenvalue weighted by molar-refractivity contribution is -0.217. The number of amides is 1. The summed E-state index contributed by atoms with van der Waals surface area (Å²) in [6, 6.07) is 0. The van der Waals surface area contributed by atoms with Crippen LogP contribution in [0.5, 0.6) is 0 Å². The highest BCUT2D eigenvalue weighted by Gasteiger charge is 2.51. The Kier molecular flexibility index (Phi) is 3.36. The SMILES string of the molecule is CC1(C)CN(C(=O)CC2CC2)CC[C@@H]1C(F)(F)F. The van der Waals surface area contributed by atoms with Gasteiger partial charge in [-0.2, -0.15) is 13.2 Å². The predicted octanol–water partition coefficient (Wildman–Crippen LogP) is 3.22. The lowest BCUT2D eigenvalue weighted by Gasteiger charge is -2.44. The van der Waals surface area contributed by atoms with Crippen LogP contribution in [0.25, 0.3) is 0 Å². The van der Waals surface area contributed by atoms with Gasteiger partial charge in [-0.25, -0.2) is 0 Å². The van der Waals surface area contributed by atoms with Crippen LogP contribution in [0.4, 0.5) is 13.2 Å². The van der Waals surface area contributed by atoms with E-state index in [1.165, 1.54) is 0 Å². The minimum absolute atomic E-state index is 0.0335. The molecule has 1 atom stereocenters. The first kappa shape index (κ1) is 13.7. The average molecular weight is 263 g/mol. The molecule has 104 valence electrons. The Hall–Kier alpha value is -0.740. The van der Waals surface area contributed by atoms with Gasteiger partial charge in [0.25, 0.3) is 0 Å². The van der Waals surface area contributed by atoms with Crippen molar-refractivity contribution >= 4 is 5.91 Å². The molecule has 1 aliphatic carbocycles. The predicted molar refractivity (Wildman–Crippen MR) is 61.9 cm³/mol. The van der Waals surface area contributed by atoms with Crippen molar-refractivity contribution in [1.82, 2.24) is 4.90 Å². The Balaban J connectivity index is 1.98. The first-order valence-electron chi connectivity index (χ1n) is 6.54. The van der Waals surface area contributed by atoms with Gasteiger partial charge in [0.2, 0.25) is 5.91 Å². The van der Waals surface area contributed by atoms with Gasteiger partial charge in [-0.1, -0.05) is 13.8 Å². The molecule has 2 nitrogen and oxygen atoms in total. The van der Waals surface area contributed by atoms with E-state index in [0.717, 1.165) is 12.8 Å². The van der Waals surface area contributed by atoms with Crippen LogP contribution in [0.2, 0.25) is 0 Å². The van der Waals surface area contributed by atoms with Crippen molar-refractivity contribution in [2.24, 2.45) is 17.3 Å². The summed E-state index contributed by atoms with van der Waals surface area (Å²) >= 11 is 0. The Morgan fingerprint density at radius 1 is 1.28 bits per heavy atom. The molecule has 5 heteroatoms. The molecule has 0 N–H and O–H groups in total. The molecule has 0 bridgehead atoms. The maximum atomic E-state index is 12.9. The van der Waals surface area contributed by atoms with Crippen molar-refractivity contribution in [2.45, 2.75) is 45.7 Å². The van der Waals surface area contributed by atoms with E-state index in [-0.39, 0.29) is 25.4 Å². The molecule has 1 saturated heterocycles. The second-order valence-electron chi connectivity index (χ2n) is 6.33. The van der Waals surface area contributed by atoms with Crippen LogP contribution in [-0.2, 0) is 4.79 Å². The molecule has 2 fully saturated rings. The summed E-state index contributed by atoms with van der Waals surface area (Å²) in [6.45, 7) is 3.70. The zero-order valence-corrected chi connectivity index (χ0v) is 10.9. The summed E-state index contributed by atoms with van der Waals surface area (Å²) in [5.41, 5.74) is -0.879. The summed E-state index contributed by atoms with van der Waals surface area (Å²) in [5, 5.41) is 0. The maximum Gasteiger partial charge on any atom is 0.392 e. The highest BCUT2D eigenvalue weighted by molar-refractivity contribution is 5.76.